The summed E-state index contributed by atoms with van der Waals surface area (Å²) in [6.07, 6.45) is 15.7. The normalized spacial score (nSPS) is 22.9. The van der Waals surface area contributed by atoms with Gasteiger partial charge in [-0.1, -0.05) is 82.2 Å². The molecule has 2 aliphatic heterocycles. The number of benzene rings is 1. The molecule has 1 atom stereocenters. The number of piperidine rings is 1. The lowest BCUT2D eigenvalue weighted by Gasteiger charge is -2.52. The maximum atomic E-state index is 13.6. The summed E-state index contributed by atoms with van der Waals surface area (Å²) in [6, 6.07) is 10.5. The highest BCUT2D eigenvalue weighted by Gasteiger charge is 2.53. The van der Waals surface area contributed by atoms with Gasteiger partial charge in [0.2, 0.25) is 11.8 Å². The maximum Gasteiger partial charge on any atom is 0.246 e. The largest absolute Gasteiger partial charge is 0.342 e. The summed E-state index contributed by atoms with van der Waals surface area (Å²) >= 11 is 0. The molecule has 5 nitrogen and oxygen atoms in total. The lowest BCUT2D eigenvalue weighted by Crippen LogP contribution is -2.73. The number of unbranched alkanes of at least 4 members (excludes halogenated alkanes) is 3. The van der Waals surface area contributed by atoms with Gasteiger partial charge in [0.05, 0.1) is 0 Å². The summed E-state index contributed by atoms with van der Waals surface area (Å²) in [5.74, 6) is 0.890. The molecular formula is C30H48ClN3O2. The maximum absolute atomic E-state index is 13.6. The first kappa shape index (κ1) is 29.0. The number of hydrogen-bond donors (Lipinski definition) is 1. The van der Waals surface area contributed by atoms with Crippen LogP contribution in [0, 0.1) is 5.92 Å². The van der Waals surface area contributed by atoms with E-state index in [-0.39, 0.29) is 30.3 Å². The molecule has 1 aromatic carbocycles. The molecule has 2 amide bonds. The minimum Gasteiger partial charge on any atom is -0.342 e. The van der Waals surface area contributed by atoms with Crippen molar-refractivity contribution in [2.24, 2.45) is 5.92 Å². The molecule has 0 radical (unpaired) electrons. The Labute approximate surface area is 225 Å². The third-order valence-electron chi connectivity index (χ3n) is 8.77. The van der Waals surface area contributed by atoms with Crippen LogP contribution in [-0.4, -0.2) is 59.4 Å². The van der Waals surface area contributed by atoms with Gasteiger partial charge in [0.1, 0.15) is 11.6 Å². The van der Waals surface area contributed by atoms with Crippen LogP contribution in [0.3, 0.4) is 0 Å². The molecule has 202 valence electrons. The molecule has 6 heteroatoms. The van der Waals surface area contributed by atoms with E-state index in [1.165, 1.54) is 69.8 Å². The van der Waals surface area contributed by atoms with Gasteiger partial charge in [-0.15, -0.1) is 12.4 Å². The fourth-order valence-electron chi connectivity index (χ4n) is 6.65. The average molecular weight is 518 g/mol. The first-order chi connectivity index (χ1) is 17.1. The van der Waals surface area contributed by atoms with E-state index in [0.717, 1.165) is 45.3 Å². The summed E-state index contributed by atoms with van der Waals surface area (Å²) in [7, 11) is 0. The Morgan fingerprint density at radius 1 is 0.917 bits per heavy atom. The van der Waals surface area contributed by atoms with Crippen molar-refractivity contribution >= 4 is 24.2 Å². The Hall–Kier alpha value is -1.59. The van der Waals surface area contributed by atoms with Crippen LogP contribution in [0.5, 0.6) is 0 Å². The molecular weight excluding hydrogens is 470 g/mol. The van der Waals surface area contributed by atoms with E-state index < -0.39 is 5.54 Å². The van der Waals surface area contributed by atoms with Gasteiger partial charge < -0.3 is 15.1 Å². The number of carbonyl (C=O) groups is 2. The first-order valence-corrected chi connectivity index (χ1v) is 14.5. The number of piperazine rings is 1. The molecule has 1 saturated carbocycles. The van der Waals surface area contributed by atoms with E-state index >= 15 is 0 Å². The first-order valence-electron chi connectivity index (χ1n) is 14.5. The predicted octanol–water partition coefficient (Wildman–Crippen LogP) is 5.75. The van der Waals surface area contributed by atoms with Crippen molar-refractivity contribution < 1.29 is 9.59 Å². The second kappa shape index (κ2) is 14.4. The van der Waals surface area contributed by atoms with Gasteiger partial charge in [0.25, 0.3) is 0 Å². The predicted molar refractivity (Wildman–Crippen MR) is 149 cm³/mol. The number of hydrogen-bond acceptors (Lipinski definition) is 3. The van der Waals surface area contributed by atoms with Gasteiger partial charge in [0, 0.05) is 19.6 Å². The standard InChI is InChI=1S/C30H47N3O2.ClH/c1-2-20-33-28(34)27(24-26-16-10-6-11-17-26)31-29(35)30(33)18-22-32(23-19-30)21-12-4-3-7-13-25-14-8-5-9-15-25;/h5,8-9,14-15,26-27H,2-4,6-7,10-13,16-24H2,1H3,(H,31,35);1H/t27-;/m1./s1. The Bertz CT molecular complexity index is 804. The zero-order valence-electron chi connectivity index (χ0n) is 22.4. The molecule has 3 aliphatic rings. The van der Waals surface area contributed by atoms with E-state index in [1.807, 2.05) is 4.90 Å². The molecule has 1 N–H and O–H groups in total. The highest BCUT2D eigenvalue weighted by Crippen LogP contribution is 2.36. The monoisotopic (exact) mass is 517 g/mol. The zero-order chi connectivity index (χ0) is 24.5. The topological polar surface area (TPSA) is 52.7 Å². The number of rotatable bonds is 11. The van der Waals surface area contributed by atoms with Crippen molar-refractivity contribution in [2.75, 3.05) is 26.2 Å². The smallest absolute Gasteiger partial charge is 0.246 e. The SMILES string of the molecule is CCCN1C(=O)[C@@H](CC2CCCCC2)NC(=O)C12CCN(CCCCCCc1ccccc1)CC2.Cl. The molecule has 36 heavy (non-hydrogen) atoms. The third kappa shape index (κ3) is 7.25. The number of carbonyl (C=O) groups excluding carboxylic acids is 2. The molecule has 2 saturated heterocycles. The van der Waals surface area contributed by atoms with Crippen LogP contribution in [0.2, 0.25) is 0 Å². The number of likely N-dealkylation sites (tertiary alicyclic amines) is 1. The van der Waals surface area contributed by atoms with E-state index in [4.69, 9.17) is 0 Å². The molecule has 0 bridgehead atoms. The van der Waals surface area contributed by atoms with E-state index in [2.05, 4.69) is 47.5 Å². The lowest BCUT2D eigenvalue weighted by molar-refractivity contribution is -0.161. The average Bonchev–Trinajstić information content (AvgIpc) is 2.89. The van der Waals surface area contributed by atoms with Crippen molar-refractivity contribution in [3.05, 3.63) is 35.9 Å². The highest BCUT2D eigenvalue weighted by atomic mass is 35.5. The van der Waals surface area contributed by atoms with Crippen molar-refractivity contribution in [1.29, 1.82) is 0 Å². The fourth-order valence-corrected chi connectivity index (χ4v) is 6.65. The molecule has 0 unspecified atom stereocenters. The van der Waals surface area contributed by atoms with Gasteiger partial charge in [-0.05, 0) is 63.0 Å². The van der Waals surface area contributed by atoms with Gasteiger partial charge in [-0.3, -0.25) is 9.59 Å². The van der Waals surface area contributed by atoms with Crippen molar-refractivity contribution in [2.45, 2.75) is 108 Å². The molecule has 1 aromatic rings. The van der Waals surface area contributed by atoms with Crippen LogP contribution < -0.4 is 5.32 Å². The number of halogens is 1. The lowest BCUT2D eigenvalue weighted by atomic mass is 9.79. The van der Waals surface area contributed by atoms with Crippen LogP contribution in [0.1, 0.15) is 96.0 Å². The van der Waals surface area contributed by atoms with Crippen LogP contribution in [0.4, 0.5) is 0 Å². The zero-order valence-corrected chi connectivity index (χ0v) is 23.2. The van der Waals surface area contributed by atoms with Gasteiger partial charge in [0.15, 0.2) is 0 Å². The summed E-state index contributed by atoms with van der Waals surface area (Å²) in [6.45, 7) is 5.76. The molecule has 1 aliphatic carbocycles. The van der Waals surface area contributed by atoms with Crippen LogP contribution >= 0.6 is 12.4 Å². The highest BCUT2D eigenvalue weighted by molar-refractivity contribution is 6.00. The van der Waals surface area contributed by atoms with Gasteiger partial charge in [-0.25, -0.2) is 0 Å². The van der Waals surface area contributed by atoms with Crippen LogP contribution in [0.15, 0.2) is 30.3 Å². The fraction of sp³-hybridized carbons (Fsp3) is 0.733. The van der Waals surface area contributed by atoms with Crippen molar-refractivity contribution in [3.8, 4) is 0 Å². The van der Waals surface area contributed by atoms with Crippen LogP contribution in [-0.2, 0) is 16.0 Å². The summed E-state index contributed by atoms with van der Waals surface area (Å²) < 4.78 is 0. The Balaban J connectivity index is 0.00000361. The number of aryl methyl sites for hydroxylation is 1. The second-order valence-corrected chi connectivity index (χ2v) is 11.3. The Morgan fingerprint density at radius 3 is 2.31 bits per heavy atom. The third-order valence-corrected chi connectivity index (χ3v) is 8.77. The van der Waals surface area contributed by atoms with Crippen molar-refractivity contribution in [1.82, 2.24) is 15.1 Å². The van der Waals surface area contributed by atoms with E-state index in [9.17, 15) is 9.59 Å². The van der Waals surface area contributed by atoms with E-state index in [0.29, 0.717) is 12.5 Å². The Kier molecular flexibility index (Phi) is 11.6. The van der Waals surface area contributed by atoms with Gasteiger partial charge in [-0.2, -0.15) is 0 Å². The summed E-state index contributed by atoms with van der Waals surface area (Å²) in [5.41, 5.74) is 0.814. The van der Waals surface area contributed by atoms with Crippen molar-refractivity contribution in [3.63, 3.8) is 0 Å². The number of nitrogens with one attached hydrogen (secondary N) is 1. The number of amides is 2. The Morgan fingerprint density at radius 2 is 1.61 bits per heavy atom. The summed E-state index contributed by atoms with van der Waals surface area (Å²) in [4.78, 5) is 31.6. The minimum absolute atomic E-state index is 0. The minimum atomic E-state index is -0.623. The molecule has 1 spiro atoms. The molecule has 2 heterocycles. The van der Waals surface area contributed by atoms with E-state index in [1.54, 1.807) is 0 Å². The summed E-state index contributed by atoms with van der Waals surface area (Å²) in [5, 5.41) is 3.21. The molecule has 3 fully saturated rings. The quantitative estimate of drug-likeness (QED) is 0.380. The second-order valence-electron chi connectivity index (χ2n) is 11.3. The number of nitrogens with zero attached hydrogens (tertiary/aromatic N) is 2. The molecule has 0 aromatic heterocycles. The molecule has 4 rings (SSSR count). The van der Waals surface area contributed by atoms with Crippen LogP contribution in [0.25, 0.3) is 0 Å². The van der Waals surface area contributed by atoms with Gasteiger partial charge >= 0.3 is 0 Å².